The van der Waals surface area contributed by atoms with Crippen molar-refractivity contribution in [1.29, 1.82) is 0 Å². The quantitative estimate of drug-likeness (QED) is 0.147. The minimum Gasteiger partial charge on any atom is -0.507 e. The normalized spacial score (nSPS) is 12.2. The molecule has 11 aromatic rings. The fourth-order valence-corrected chi connectivity index (χ4v) is 10.3. The summed E-state index contributed by atoms with van der Waals surface area (Å²) in [5.41, 5.74) is 13.0. The summed E-state index contributed by atoms with van der Waals surface area (Å²) in [6.07, 6.45) is 1.37. The molecule has 3 aromatic heterocycles. The first kappa shape index (κ1) is 59.2. The van der Waals surface area contributed by atoms with Crippen molar-refractivity contribution >= 4 is 22.1 Å². The molecule has 8 aromatic carbocycles. The Bertz CT molecular complexity index is 3920. The summed E-state index contributed by atoms with van der Waals surface area (Å²) >= 11 is 0. The first-order chi connectivity index (χ1) is 37.8. The van der Waals surface area contributed by atoms with Gasteiger partial charge in [-0.25, -0.2) is 18.7 Å². The molecule has 3 heterocycles. The average molecular weight is 1450 g/mol. The SMILES string of the molecule is CC(C)(C)c1cc(-n2c(-c3ccccc3O)nc3c(-c4[c-]c(-c5cc(-c6[c-]c(-c7cccc8c7nc(-c7ccccc7O)n8-c7cc(C(C)(C)C)cc(C(C)(C)C)c7)cc(F)c6)ncn5)cc(F)c4)cccc32)cc(C(C)(C)C)c1.[Pt].[Pt]. The van der Waals surface area contributed by atoms with Gasteiger partial charge in [-0.15, -0.1) is 23.3 Å². The Morgan fingerprint density at radius 1 is 0.390 bits per heavy atom. The topological polar surface area (TPSA) is 102 Å². The van der Waals surface area contributed by atoms with Gasteiger partial charge in [0.25, 0.3) is 0 Å². The fourth-order valence-electron chi connectivity index (χ4n) is 10.3. The fraction of sp³-hybridized carbons (Fsp3) is 0.229. The number of rotatable bonds is 8. The third-order valence-electron chi connectivity index (χ3n) is 14.9. The second-order valence-corrected chi connectivity index (χ2v) is 25.0. The molecule has 8 nitrogen and oxygen atoms in total. The molecule has 0 aliphatic carbocycles. The average Bonchev–Trinajstić information content (AvgIpc) is 4.00. The minimum atomic E-state index is -0.519. The van der Waals surface area contributed by atoms with Gasteiger partial charge in [-0.2, -0.15) is 0 Å². The number of hydrogen-bond acceptors (Lipinski definition) is 6. The predicted octanol–water partition coefficient (Wildman–Crippen LogP) is 17.6. The van der Waals surface area contributed by atoms with Crippen molar-refractivity contribution in [3.8, 4) is 90.4 Å². The van der Waals surface area contributed by atoms with E-state index >= 15 is 8.78 Å². The van der Waals surface area contributed by atoms with Gasteiger partial charge in [0.15, 0.2) is 0 Å². The number of nitrogens with zero attached hydrogens (tertiary/aromatic N) is 6. The molecule has 11 rings (SSSR count). The van der Waals surface area contributed by atoms with Crippen molar-refractivity contribution in [3.63, 3.8) is 0 Å². The molecular weight excluding hydrogens is 1380 g/mol. The van der Waals surface area contributed by atoms with Crippen LogP contribution in [0.4, 0.5) is 8.78 Å². The Labute approximate surface area is 508 Å². The van der Waals surface area contributed by atoms with Crippen LogP contribution in [-0.2, 0) is 63.8 Å². The van der Waals surface area contributed by atoms with Gasteiger partial charge in [-0.05, 0) is 105 Å². The van der Waals surface area contributed by atoms with E-state index in [1.807, 2.05) is 60.7 Å². The van der Waals surface area contributed by atoms with Gasteiger partial charge in [0.1, 0.15) is 23.1 Å². The molecule has 2 N–H and O–H groups in total. The van der Waals surface area contributed by atoms with Crippen molar-refractivity contribution in [2.75, 3.05) is 0 Å². The first-order valence-corrected chi connectivity index (χ1v) is 27.0. The Hall–Kier alpha value is -7.38. The first-order valence-electron chi connectivity index (χ1n) is 27.0. The van der Waals surface area contributed by atoms with Crippen molar-refractivity contribution in [3.05, 3.63) is 204 Å². The van der Waals surface area contributed by atoms with Gasteiger partial charge < -0.3 is 10.2 Å². The van der Waals surface area contributed by atoms with Crippen LogP contribution in [0.5, 0.6) is 11.5 Å². The standard InChI is InChI=1S/C70H64F2N6O2.2Pt/c1-67(2,3)45-33-46(68(4,5)6)36-51(35-45)77-59-23-17-21-53(63(59)75-65(77)55-19-13-15-25-61(55)79)41-27-43(31-49(71)29-41)57-39-58(74-40-73-57)44-28-42(30-50(72)32-44)54-22-18-24-60-64(54)76-66(56-20-14-16-26-62(56)80)78(60)52-37-47(69(7,8)9)34-48(38-52)70(10,11)12;;/h13-26,29-40,79-80H,1-12H3;;/q-2;;. The van der Waals surface area contributed by atoms with Crippen LogP contribution < -0.4 is 0 Å². The maximum atomic E-state index is 16.2. The molecule has 0 spiro atoms. The van der Waals surface area contributed by atoms with E-state index in [4.69, 9.17) is 9.97 Å². The number of phenolic OH excluding ortho intramolecular Hbond substituents is 2. The van der Waals surface area contributed by atoms with Crippen LogP contribution in [0, 0.1) is 23.8 Å². The summed E-state index contributed by atoms with van der Waals surface area (Å²) in [5, 5.41) is 22.7. The smallest absolute Gasteiger partial charge is 0.148 e. The Morgan fingerprint density at radius 2 is 0.720 bits per heavy atom. The van der Waals surface area contributed by atoms with E-state index in [0.29, 0.717) is 78.6 Å². The zero-order valence-electron chi connectivity index (χ0n) is 48.0. The number of halogens is 2. The van der Waals surface area contributed by atoms with Crippen molar-refractivity contribution < 1.29 is 61.1 Å². The van der Waals surface area contributed by atoms with Gasteiger partial charge in [0.2, 0.25) is 0 Å². The summed E-state index contributed by atoms with van der Waals surface area (Å²) in [4.78, 5) is 19.7. The summed E-state index contributed by atoms with van der Waals surface area (Å²) in [5.74, 6) is 0.173. The number of imidazole rings is 2. The number of para-hydroxylation sites is 4. The van der Waals surface area contributed by atoms with Crippen LogP contribution in [0.1, 0.15) is 105 Å². The van der Waals surface area contributed by atoms with Crippen LogP contribution >= 0.6 is 0 Å². The maximum absolute atomic E-state index is 16.2. The third kappa shape index (κ3) is 11.4. The monoisotopic (exact) mass is 1450 g/mol. The third-order valence-corrected chi connectivity index (χ3v) is 14.9. The minimum absolute atomic E-state index is 0. The summed E-state index contributed by atoms with van der Waals surface area (Å²) in [7, 11) is 0. The number of aromatic hydroxyl groups is 2. The maximum Gasteiger partial charge on any atom is 0.148 e. The van der Waals surface area contributed by atoms with Crippen LogP contribution in [-0.4, -0.2) is 39.3 Å². The molecule has 0 fully saturated rings. The molecule has 0 aliphatic rings. The van der Waals surface area contributed by atoms with Crippen molar-refractivity contribution in [2.24, 2.45) is 0 Å². The molecule has 12 heteroatoms. The summed E-state index contributed by atoms with van der Waals surface area (Å²) < 4.78 is 36.6. The number of benzene rings is 8. The number of aromatic nitrogens is 6. The molecule has 0 saturated carbocycles. The second-order valence-electron chi connectivity index (χ2n) is 25.0. The molecule has 0 atom stereocenters. The molecule has 0 unspecified atom stereocenters. The largest absolute Gasteiger partial charge is 0.507 e. The van der Waals surface area contributed by atoms with Gasteiger partial charge in [-0.1, -0.05) is 196 Å². The Kier molecular flexibility index (Phi) is 15.9. The van der Waals surface area contributed by atoms with E-state index < -0.39 is 11.6 Å². The van der Waals surface area contributed by atoms with Gasteiger partial charge in [-0.3, -0.25) is 19.1 Å². The van der Waals surface area contributed by atoms with Crippen LogP contribution in [0.3, 0.4) is 0 Å². The zero-order chi connectivity index (χ0) is 56.8. The summed E-state index contributed by atoms with van der Waals surface area (Å²) in [6.45, 7) is 26.4. The second kappa shape index (κ2) is 22.1. The predicted molar refractivity (Wildman–Crippen MR) is 320 cm³/mol. The summed E-state index contributed by atoms with van der Waals surface area (Å²) in [6, 6.07) is 53.4. The number of phenols is 2. The Morgan fingerprint density at radius 3 is 1.06 bits per heavy atom. The molecular formula is C70H64F2N6O2Pt2-2. The van der Waals surface area contributed by atoms with E-state index in [-0.39, 0.29) is 75.3 Å². The van der Waals surface area contributed by atoms with Gasteiger partial charge in [0, 0.05) is 64.9 Å². The van der Waals surface area contributed by atoms with Crippen molar-refractivity contribution in [2.45, 2.75) is 105 Å². The molecule has 0 aliphatic heterocycles. The van der Waals surface area contributed by atoms with E-state index in [0.717, 1.165) is 44.7 Å². The molecule has 0 bridgehead atoms. The molecule has 0 saturated heterocycles. The van der Waals surface area contributed by atoms with E-state index in [1.54, 1.807) is 30.3 Å². The number of hydrogen-bond donors (Lipinski definition) is 2. The van der Waals surface area contributed by atoms with Gasteiger partial charge in [0.05, 0.1) is 51.2 Å². The Balaban J connectivity index is 0.00000405. The molecule has 82 heavy (non-hydrogen) atoms. The van der Waals surface area contributed by atoms with Gasteiger partial charge >= 0.3 is 0 Å². The molecule has 0 amide bonds. The van der Waals surface area contributed by atoms with Crippen LogP contribution in [0.25, 0.3) is 101 Å². The van der Waals surface area contributed by atoms with Crippen LogP contribution in [0.15, 0.2) is 158 Å². The molecule has 0 radical (unpaired) electrons. The van der Waals surface area contributed by atoms with Crippen LogP contribution in [0.2, 0.25) is 0 Å². The van der Waals surface area contributed by atoms with E-state index in [2.05, 4.69) is 151 Å². The van der Waals surface area contributed by atoms with Crippen molar-refractivity contribution in [1.82, 2.24) is 29.1 Å². The van der Waals surface area contributed by atoms with E-state index in [1.165, 1.54) is 30.6 Å². The zero-order valence-corrected chi connectivity index (χ0v) is 52.5. The molecule has 422 valence electrons. The van der Waals surface area contributed by atoms with E-state index in [9.17, 15) is 10.2 Å². The number of fused-ring (bicyclic) bond motifs is 2.